The number of benzene rings is 2. The number of H-pyrrole nitrogens is 1. The Bertz CT molecular complexity index is 2390. The summed E-state index contributed by atoms with van der Waals surface area (Å²) in [5.41, 5.74) is 23.2. The first kappa shape index (κ1) is 55.5. The lowest BCUT2D eigenvalue weighted by Gasteiger charge is -2.32. The fourth-order valence-corrected chi connectivity index (χ4v) is 10.1. The normalized spacial score (nSPS) is 20.9. The van der Waals surface area contributed by atoms with Gasteiger partial charge in [-0.3, -0.25) is 66.5 Å². The van der Waals surface area contributed by atoms with E-state index < -0.39 is 94.4 Å². The number of aromatic amines is 1. The third-order valence-corrected chi connectivity index (χ3v) is 14.2. The third-order valence-electron chi connectivity index (χ3n) is 10.9. The monoisotopic (exact) mass is 1010 g/mol. The van der Waals surface area contributed by atoms with E-state index in [1.807, 2.05) is 36.4 Å². The maximum Gasteiger partial charge on any atom is 0.338 e. The molecule has 19 N–H and O–H groups in total. The number of nitrogens with zero attached hydrogens (tertiary/aromatic N) is 1. The maximum absolute atomic E-state index is 14.5. The molecule has 1 aromatic heterocycles. The van der Waals surface area contributed by atoms with E-state index in [0.717, 1.165) is 32.4 Å². The number of carboxylic acid groups (broad SMARTS) is 1. The fraction of sp³-hybridized carbons (Fsp3) is 0.477. The molecule has 70 heavy (non-hydrogen) atoms. The molecule has 3 aromatic rings. The Morgan fingerprint density at radius 3 is 2.06 bits per heavy atom. The van der Waals surface area contributed by atoms with Crippen molar-refractivity contribution in [3.05, 3.63) is 66.2 Å². The number of carbonyl (C=O) groups excluding carboxylic acids is 7. The van der Waals surface area contributed by atoms with Crippen LogP contribution in [0.2, 0.25) is 0 Å². The summed E-state index contributed by atoms with van der Waals surface area (Å²) in [4.78, 5) is 122. The van der Waals surface area contributed by atoms with Crippen molar-refractivity contribution in [1.82, 2.24) is 47.2 Å². The quantitative estimate of drug-likeness (QED) is 0.0244. The molecule has 2 heterocycles. The number of aromatic nitrogens is 2. The standard InChI is InChI=1S/C44H63N15O9S2/c1-23(53-36(62)29(54-24(2)60)11-7-15-50-42(45)46)35(61)58-33-21-69-70-44(3,4)34(41(67)68)59-39(65)32(19-28-20-49-22-52-28)57-38(64)31(18-25-13-14-26-9-5-6-10-27(26)17-25)56-37(63)30(55-40(33)66)12-8-16-51-43(47)48/h5-6,9-10,13-14,17,20,22-23,29-34H,7-8,11-12,15-16,18-19,21H2,1-4H3,(H,49,52)(H,53,62)(H,54,60)(H,55,66)(H,56,63)(H,57,64)(H,58,61)(H,59,65)(H,67,68)(H4,45,46,50)(H4,47,48,51)/p+2/t23-,29-,30-,31-,32-,33+,34+/m0/s1. The van der Waals surface area contributed by atoms with Crippen LogP contribution in [0.3, 0.4) is 0 Å². The molecule has 0 aliphatic carbocycles. The SMILES string of the molecule is CC(=O)N[C@@H](CCC[NH+]=C(N)N)C(=O)N[C@@H](C)C(=O)N[C@@H]1CSSC(C)(C)[C@@H](C(=O)O)NC(=O)[C@H](Cc2cnc[nH]2)NC(=O)[C@H](Cc2ccc3ccccc3c2)NC(=O)[C@H](CCC[NH+]=C(N)N)NC1=O. The lowest BCUT2D eigenvalue weighted by Crippen LogP contribution is -2.78. The molecule has 1 fully saturated rings. The molecule has 1 aliphatic rings. The Morgan fingerprint density at radius 2 is 1.43 bits per heavy atom. The van der Waals surface area contributed by atoms with Crippen molar-refractivity contribution in [2.24, 2.45) is 22.9 Å². The summed E-state index contributed by atoms with van der Waals surface area (Å²) >= 11 is 0. The number of carboxylic acids is 1. The van der Waals surface area contributed by atoms with Gasteiger partial charge in [0.25, 0.3) is 0 Å². The fourth-order valence-electron chi connectivity index (χ4n) is 7.25. The van der Waals surface area contributed by atoms with Gasteiger partial charge < -0.3 is 47.3 Å². The zero-order chi connectivity index (χ0) is 51.5. The zero-order valence-corrected chi connectivity index (χ0v) is 41.0. The number of fused-ring (bicyclic) bond motifs is 1. The number of amides is 7. The molecule has 0 radical (unpaired) electrons. The lowest BCUT2D eigenvalue weighted by molar-refractivity contribution is -0.460. The predicted octanol–water partition coefficient (Wildman–Crippen LogP) is -5.69. The van der Waals surface area contributed by atoms with Crippen LogP contribution in [0.25, 0.3) is 10.8 Å². The van der Waals surface area contributed by atoms with Crippen molar-refractivity contribution in [1.29, 1.82) is 0 Å². The first-order valence-corrected chi connectivity index (χ1v) is 24.8. The summed E-state index contributed by atoms with van der Waals surface area (Å²) in [6.45, 7) is 6.21. The molecule has 4 rings (SSSR count). The highest BCUT2D eigenvalue weighted by Crippen LogP contribution is 2.39. The van der Waals surface area contributed by atoms with Crippen LogP contribution >= 0.6 is 21.6 Å². The number of carbonyl (C=O) groups is 8. The van der Waals surface area contributed by atoms with E-state index in [1.54, 1.807) is 19.9 Å². The van der Waals surface area contributed by atoms with E-state index in [1.165, 1.54) is 26.4 Å². The molecule has 1 saturated heterocycles. The number of nitrogens with one attached hydrogen (secondary N) is 10. The zero-order valence-electron chi connectivity index (χ0n) is 39.4. The maximum atomic E-state index is 14.5. The van der Waals surface area contributed by atoms with Crippen LogP contribution < -0.4 is 70.1 Å². The van der Waals surface area contributed by atoms with Gasteiger partial charge in [0.15, 0.2) is 0 Å². The van der Waals surface area contributed by atoms with Crippen molar-refractivity contribution in [3.63, 3.8) is 0 Å². The summed E-state index contributed by atoms with van der Waals surface area (Å²) in [5, 5.41) is 30.8. The Kier molecular flexibility index (Phi) is 21.1. The lowest BCUT2D eigenvalue weighted by atomic mass is 9.99. The molecule has 0 bridgehead atoms. The first-order valence-electron chi connectivity index (χ1n) is 22.4. The van der Waals surface area contributed by atoms with E-state index >= 15 is 0 Å². The van der Waals surface area contributed by atoms with E-state index in [2.05, 4.69) is 57.2 Å². The van der Waals surface area contributed by atoms with Crippen LogP contribution in [0, 0.1) is 0 Å². The summed E-state index contributed by atoms with van der Waals surface area (Å²) in [6, 6.07) is 3.70. The molecule has 0 spiro atoms. The highest BCUT2D eigenvalue weighted by atomic mass is 33.1. The smallest absolute Gasteiger partial charge is 0.338 e. The van der Waals surface area contributed by atoms with Gasteiger partial charge in [0.1, 0.15) is 42.3 Å². The van der Waals surface area contributed by atoms with Crippen LogP contribution in [-0.2, 0) is 51.2 Å². The summed E-state index contributed by atoms with van der Waals surface area (Å²) in [5.74, 6) is -6.97. The average molecular weight is 1010 g/mol. The molecule has 0 saturated carbocycles. The minimum Gasteiger partial charge on any atom is -0.480 e. The largest absolute Gasteiger partial charge is 0.480 e. The van der Waals surface area contributed by atoms with Gasteiger partial charge in [-0.2, -0.15) is 0 Å². The molecule has 7 amide bonds. The molecule has 26 heteroatoms. The topological polar surface area (TPSA) is 402 Å². The third kappa shape index (κ3) is 17.8. The summed E-state index contributed by atoms with van der Waals surface area (Å²) < 4.78 is -1.30. The highest BCUT2D eigenvalue weighted by molar-refractivity contribution is 8.77. The highest BCUT2D eigenvalue weighted by Gasteiger charge is 2.41. The molecular formula is C44H65N15O9S2+2. The Hall–Kier alpha value is -7.09. The van der Waals surface area contributed by atoms with Crippen molar-refractivity contribution >= 4 is 91.6 Å². The van der Waals surface area contributed by atoms with Crippen molar-refractivity contribution in [2.45, 2.75) is 113 Å². The van der Waals surface area contributed by atoms with Gasteiger partial charge in [0, 0.05) is 37.4 Å². The van der Waals surface area contributed by atoms with Gasteiger partial charge in [-0.1, -0.05) is 64.1 Å². The van der Waals surface area contributed by atoms with Crippen LogP contribution in [0.1, 0.15) is 64.6 Å². The molecule has 0 unspecified atom stereocenters. The Labute approximate surface area is 412 Å². The average Bonchev–Trinajstić information content (AvgIpc) is 3.81. The molecule has 1 aliphatic heterocycles. The molecular weight excluding hydrogens is 947 g/mol. The minimum atomic E-state index is -1.56. The summed E-state index contributed by atoms with van der Waals surface area (Å²) in [6.07, 6.45) is 3.33. The van der Waals surface area contributed by atoms with Crippen LogP contribution in [-0.4, -0.2) is 140 Å². The van der Waals surface area contributed by atoms with Gasteiger partial charge in [-0.25, -0.2) is 9.78 Å². The number of aliphatic carboxylic acids is 1. The number of rotatable bonds is 18. The van der Waals surface area contributed by atoms with Crippen LogP contribution in [0.5, 0.6) is 0 Å². The van der Waals surface area contributed by atoms with Crippen molar-refractivity contribution in [3.8, 4) is 0 Å². The summed E-state index contributed by atoms with van der Waals surface area (Å²) in [7, 11) is 2.00. The molecule has 7 atom stereocenters. The second kappa shape index (κ2) is 26.6. The van der Waals surface area contributed by atoms with Gasteiger partial charge >= 0.3 is 17.9 Å². The van der Waals surface area contributed by atoms with E-state index in [0.29, 0.717) is 24.2 Å². The number of hydrogen-bond donors (Lipinski definition) is 15. The minimum absolute atomic E-state index is 0.0223. The molecule has 2 aromatic carbocycles. The van der Waals surface area contributed by atoms with Crippen molar-refractivity contribution < 1.29 is 53.4 Å². The predicted molar refractivity (Wildman–Crippen MR) is 263 cm³/mol. The van der Waals surface area contributed by atoms with Gasteiger partial charge in [0.05, 0.1) is 24.2 Å². The molecule has 380 valence electrons. The van der Waals surface area contributed by atoms with Crippen LogP contribution in [0.4, 0.5) is 0 Å². The number of nitrogens with two attached hydrogens (primary N) is 4. The Morgan fingerprint density at radius 1 is 0.814 bits per heavy atom. The number of guanidine groups is 2. The van der Waals surface area contributed by atoms with Gasteiger partial charge in [-0.15, -0.1) is 0 Å². The van der Waals surface area contributed by atoms with E-state index in [9.17, 15) is 43.5 Å². The molecule has 24 nitrogen and oxygen atoms in total. The Balaban J connectivity index is 1.73. The van der Waals surface area contributed by atoms with Gasteiger partial charge in [-0.05, 0) is 62.8 Å². The first-order chi connectivity index (χ1) is 33.1. The van der Waals surface area contributed by atoms with E-state index in [4.69, 9.17) is 22.9 Å². The van der Waals surface area contributed by atoms with Crippen molar-refractivity contribution in [2.75, 3.05) is 18.8 Å². The van der Waals surface area contributed by atoms with Gasteiger partial charge in [0.2, 0.25) is 41.4 Å². The van der Waals surface area contributed by atoms with Crippen LogP contribution in [0.15, 0.2) is 55.0 Å². The number of hydrogen-bond acceptors (Lipinski definition) is 11. The van der Waals surface area contributed by atoms with E-state index in [-0.39, 0.29) is 56.3 Å². The second-order valence-electron chi connectivity index (χ2n) is 17.2. The second-order valence-corrected chi connectivity index (χ2v) is 20.2. The number of imidazole rings is 1.